The van der Waals surface area contributed by atoms with Crippen LogP contribution in [0.15, 0.2) is 72.9 Å². The number of benzene rings is 2. The van der Waals surface area contributed by atoms with Gasteiger partial charge in [0.2, 0.25) is 10.1 Å². The number of carbonyl (C=O) groups is 1. The summed E-state index contributed by atoms with van der Waals surface area (Å²) in [6, 6.07) is 21.2. The zero-order valence-electron chi connectivity index (χ0n) is 14.0. The van der Waals surface area contributed by atoms with E-state index in [1.54, 1.807) is 10.6 Å². The van der Waals surface area contributed by atoms with E-state index < -0.39 is 0 Å². The first kappa shape index (κ1) is 15.7. The zero-order chi connectivity index (χ0) is 18.2. The minimum absolute atomic E-state index is 0.291. The van der Waals surface area contributed by atoms with Crippen molar-refractivity contribution < 1.29 is 4.79 Å². The Bertz CT molecular complexity index is 1240. The monoisotopic (exact) mass is 371 g/mol. The van der Waals surface area contributed by atoms with E-state index in [-0.39, 0.29) is 5.91 Å². The lowest BCUT2D eigenvalue weighted by atomic mass is 10.2. The van der Waals surface area contributed by atoms with Gasteiger partial charge in [-0.25, -0.2) is 14.5 Å². The largest absolute Gasteiger partial charge is 0.295 e. The molecule has 7 heteroatoms. The van der Waals surface area contributed by atoms with Crippen molar-refractivity contribution in [2.75, 3.05) is 5.32 Å². The Kier molecular flexibility index (Phi) is 3.65. The summed E-state index contributed by atoms with van der Waals surface area (Å²) < 4.78 is 1.68. The molecule has 27 heavy (non-hydrogen) atoms. The molecule has 5 aromatic rings. The number of imidazole rings is 1. The fourth-order valence-electron chi connectivity index (χ4n) is 2.85. The van der Waals surface area contributed by atoms with Gasteiger partial charge in [0.15, 0.2) is 0 Å². The molecule has 0 radical (unpaired) electrons. The van der Waals surface area contributed by atoms with Crippen LogP contribution < -0.4 is 5.32 Å². The third kappa shape index (κ3) is 2.94. The van der Waals surface area contributed by atoms with Gasteiger partial charge in [-0.2, -0.15) is 0 Å². The van der Waals surface area contributed by atoms with Crippen molar-refractivity contribution in [2.24, 2.45) is 0 Å². The van der Waals surface area contributed by atoms with Crippen molar-refractivity contribution in [1.82, 2.24) is 19.6 Å². The van der Waals surface area contributed by atoms with E-state index in [4.69, 9.17) is 0 Å². The van der Waals surface area contributed by atoms with E-state index in [1.807, 2.05) is 66.9 Å². The van der Waals surface area contributed by atoms with Crippen molar-refractivity contribution in [3.63, 3.8) is 0 Å². The molecule has 3 aromatic heterocycles. The second-order valence-corrected chi connectivity index (χ2v) is 6.93. The molecule has 130 valence electrons. The Hall–Kier alpha value is -3.58. The fourth-order valence-corrected chi connectivity index (χ4v) is 3.63. The molecule has 3 heterocycles. The van der Waals surface area contributed by atoms with Gasteiger partial charge in [0.1, 0.15) is 5.69 Å². The quantitative estimate of drug-likeness (QED) is 0.514. The third-order valence-corrected chi connectivity index (χ3v) is 5.00. The van der Waals surface area contributed by atoms with Gasteiger partial charge < -0.3 is 0 Å². The second-order valence-electron chi connectivity index (χ2n) is 5.97. The van der Waals surface area contributed by atoms with Crippen LogP contribution in [-0.4, -0.2) is 25.5 Å². The standard InChI is InChI=1S/C20H13N5OS/c26-18(16-11-10-14-8-4-5-9-15(14)21-16)23-19-24-25-12-17(22-20(25)27-19)13-6-2-1-3-7-13/h1-12H,(H,23,24,26). The lowest BCUT2D eigenvalue weighted by molar-refractivity contribution is 0.102. The van der Waals surface area contributed by atoms with Crippen molar-refractivity contribution >= 4 is 38.2 Å². The van der Waals surface area contributed by atoms with Gasteiger partial charge in [0, 0.05) is 10.9 Å². The fraction of sp³-hybridized carbons (Fsp3) is 0. The number of nitrogens with zero attached hydrogens (tertiary/aromatic N) is 4. The van der Waals surface area contributed by atoms with E-state index in [0.29, 0.717) is 10.8 Å². The van der Waals surface area contributed by atoms with Gasteiger partial charge in [-0.3, -0.25) is 10.1 Å². The molecule has 6 nitrogen and oxygen atoms in total. The number of pyridine rings is 1. The van der Waals surface area contributed by atoms with Gasteiger partial charge in [-0.1, -0.05) is 65.9 Å². The maximum absolute atomic E-state index is 12.5. The molecule has 0 aliphatic carbocycles. The predicted octanol–water partition coefficient (Wildman–Crippen LogP) is 4.26. The maximum atomic E-state index is 12.5. The Labute approximate surface area is 158 Å². The van der Waals surface area contributed by atoms with Gasteiger partial charge in [0.05, 0.1) is 17.4 Å². The molecule has 5 rings (SSSR count). The van der Waals surface area contributed by atoms with E-state index in [9.17, 15) is 4.79 Å². The third-order valence-electron chi connectivity index (χ3n) is 4.16. The highest BCUT2D eigenvalue weighted by atomic mass is 32.1. The highest BCUT2D eigenvalue weighted by Gasteiger charge is 2.14. The number of hydrogen-bond donors (Lipinski definition) is 1. The van der Waals surface area contributed by atoms with Crippen LogP contribution in [0.5, 0.6) is 0 Å². The molecular formula is C20H13N5OS. The molecule has 0 unspecified atom stereocenters. The van der Waals surface area contributed by atoms with Crippen LogP contribution in [0, 0.1) is 0 Å². The number of para-hydroxylation sites is 1. The number of amides is 1. The van der Waals surface area contributed by atoms with Gasteiger partial charge in [-0.05, 0) is 12.1 Å². The summed E-state index contributed by atoms with van der Waals surface area (Å²) in [7, 11) is 0. The number of aromatic nitrogens is 4. The molecule has 0 bridgehead atoms. The number of anilines is 1. The minimum atomic E-state index is -0.291. The first-order chi connectivity index (χ1) is 13.3. The molecule has 0 spiro atoms. The number of fused-ring (bicyclic) bond motifs is 2. The maximum Gasteiger partial charge on any atom is 0.276 e. The first-order valence-corrected chi connectivity index (χ1v) is 9.17. The van der Waals surface area contributed by atoms with E-state index in [2.05, 4.69) is 20.4 Å². The van der Waals surface area contributed by atoms with Crippen LogP contribution in [-0.2, 0) is 0 Å². The van der Waals surface area contributed by atoms with Crippen molar-refractivity contribution in [3.05, 3.63) is 78.6 Å². The van der Waals surface area contributed by atoms with Gasteiger partial charge in [0.25, 0.3) is 5.91 Å². The summed E-state index contributed by atoms with van der Waals surface area (Å²) in [6.45, 7) is 0. The number of hydrogen-bond acceptors (Lipinski definition) is 5. The van der Waals surface area contributed by atoms with Crippen molar-refractivity contribution in [3.8, 4) is 11.3 Å². The van der Waals surface area contributed by atoms with Crippen molar-refractivity contribution in [1.29, 1.82) is 0 Å². The molecule has 0 fully saturated rings. The van der Waals surface area contributed by atoms with E-state index in [1.165, 1.54) is 11.3 Å². The van der Waals surface area contributed by atoms with Crippen LogP contribution in [0.25, 0.3) is 27.1 Å². The Balaban J connectivity index is 1.40. The van der Waals surface area contributed by atoms with Crippen molar-refractivity contribution in [2.45, 2.75) is 0 Å². The second kappa shape index (κ2) is 6.30. The van der Waals surface area contributed by atoms with Crippen LogP contribution >= 0.6 is 11.3 Å². The Morgan fingerprint density at radius 3 is 2.59 bits per heavy atom. The lowest BCUT2D eigenvalue weighted by Gasteiger charge is -2.02. The molecule has 0 aliphatic rings. The Morgan fingerprint density at radius 1 is 0.926 bits per heavy atom. The lowest BCUT2D eigenvalue weighted by Crippen LogP contribution is -2.13. The number of rotatable bonds is 3. The van der Waals surface area contributed by atoms with Crippen LogP contribution in [0.3, 0.4) is 0 Å². The average molecular weight is 371 g/mol. The van der Waals surface area contributed by atoms with Crippen LogP contribution in [0.1, 0.15) is 10.5 Å². The number of carbonyl (C=O) groups excluding carboxylic acids is 1. The van der Waals surface area contributed by atoms with E-state index in [0.717, 1.165) is 27.1 Å². The molecule has 0 saturated carbocycles. The summed E-state index contributed by atoms with van der Waals surface area (Å²) in [4.78, 5) is 22.2. The van der Waals surface area contributed by atoms with Crippen LogP contribution in [0.4, 0.5) is 5.13 Å². The first-order valence-electron chi connectivity index (χ1n) is 8.35. The zero-order valence-corrected chi connectivity index (χ0v) is 14.9. The molecule has 1 N–H and O–H groups in total. The molecule has 2 aromatic carbocycles. The molecule has 0 saturated heterocycles. The van der Waals surface area contributed by atoms with Gasteiger partial charge in [-0.15, -0.1) is 5.10 Å². The molecular weight excluding hydrogens is 358 g/mol. The Morgan fingerprint density at radius 2 is 1.74 bits per heavy atom. The predicted molar refractivity (Wildman–Crippen MR) is 106 cm³/mol. The van der Waals surface area contributed by atoms with Gasteiger partial charge >= 0.3 is 0 Å². The minimum Gasteiger partial charge on any atom is -0.295 e. The summed E-state index contributed by atoms with van der Waals surface area (Å²) in [5.41, 5.74) is 3.02. The SMILES string of the molecule is O=C(Nc1nn2cc(-c3ccccc3)nc2s1)c1ccc2ccccc2n1. The number of nitrogens with one attached hydrogen (secondary N) is 1. The summed E-state index contributed by atoms with van der Waals surface area (Å²) in [5.74, 6) is -0.291. The summed E-state index contributed by atoms with van der Waals surface area (Å²) >= 11 is 1.32. The highest BCUT2D eigenvalue weighted by Crippen LogP contribution is 2.24. The molecule has 1 amide bonds. The highest BCUT2D eigenvalue weighted by molar-refractivity contribution is 7.20. The van der Waals surface area contributed by atoms with E-state index >= 15 is 0 Å². The smallest absolute Gasteiger partial charge is 0.276 e. The summed E-state index contributed by atoms with van der Waals surface area (Å²) in [6.07, 6.45) is 1.85. The molecule has 0 aliphatic heterocycles. The normalized spacial score (nSPS) is 11.1. The average Bonchev–Trinajstić information content (AvgIpc) is 3.27. The summed E-state index contributed by atoms with van der Waals surface area (Å²) in [5, 5.41) is 8.68. The topological polar surface area (TPSA) is 72.2 Å². The molecule has 0 atom stereocenters. The van der Waals surface area contributed by atoms with Crippen LogP contribution in [0.2, 0.25) is 0 Å².